The molecule has 1 saturated heterocycles. The fraction of sp³-hybridized carbons (Fsp3) is 0.465. The minimum Gasteiger partial charge on any atom is -0.444 e. The summed E-state index contributed by atoms with van der Waals surface area (Å²) in [6.45, 7) is 6.06. The number of halogens is 4. The summed E-state index contributed by atoms with van der Waals surface area (Å²) in [5, 5.41) is 3.06. The Morgan fingerprint density at radius 1 is 0.842 bits per heavy atom. The molecule has 14 heteroatoms. The van der Waals surface area contributed by atoms with E-state index in [0.29, 0.717) is 52.5 Å². The van der Waals surface area contributed by atoms with E-state index in [1.807, 2.05) is 49.4 Å². The van der Waals surface area contributed by atoms with Crippen LogP contribution in [0, 0.1) is 12.8 Å². The summed E-state index contributed by atoms with van der Waals surface area (Å²) in [7, 11) is 2.27. The first kappa shape index (κ1) is 43.2. The lowest BCUT2D eigenvalue weighted by molar-refractivity contribution is -0.192. The Bertz CT molecular complexity index is 1930. The van der Waals surface area contributed by atoms with Crippen LogP contribution >= 0.6 is 11.6 Å². The number of esters is 1. The topological polar surface area (TPSA) is 116 Å². The van der Waals surface area contributed by atoms with Crippen LogP contribution in [-0.2, 0) is 34.3 Å². The van der Waals surface area contributed by atoms with Crippen LogP contribution in [0.5, 0.6) is 0 Å². The second-order valence-corrected chi connectivity index (χ2v) is 15.8. The largest absolute Gasteiger partial charge is 0.471 e. The number of rotatable bonds is 13. The Hall–Kier alpha value is -4.91. The van der Waals surface area contributed by atoms with Crippen LogP contribution in [0.15, 0.2) is 78.9 Å². The molecule has 306 valence electrons. The standard InChI is InChI=1S/C43H50ClF3N4O6/c1-28(2)36(49(4)39(55)41(23-11-12-24-41)50(5)40(56)43(45,46)47)37(53)48-34(38(54)51-25-13-14-26-51)27-35(52)57-42(30-15-7-6-8-16-30,31-21-19-29(3)20-22-31)32-17-9-10-18-33(32)44/h6-10,15-22,28,34,36H,11-14,23-27H2,1-5H3,(H,48,53)/t34-,36-,42?/m0/s1. The molecule has 1 aliphatic carbocycles. The molecule has 0 radical (unpaired) electrons. The fourth-order valence-electron chi connectivity index (χ4n) is 8.27. The molecule has 2 fully saturated rings. The van der Waals surface area contributed by atoms with Gasteiger partial charge in [0.15, 0.2) is 5.60 Å². The van der Waals surface area contributed by atoms with Gasteiger partial charge in [0.25, 0.3) is 0 Å². The third-order valence-corrected chi connectivity index (χ3v) is 11.5. The highest BCUT2D eigenvalue weighted by Crippen LogP contribution is 2.44. The van der Waals surface area contributed by atoms with Gasteiger partial charge in [0.1, 0.15) is 17.6 Å². The monoisotopic (exact) mass is 810 g/mol. The van der Waals surface area contributed by atoms with Crippen LogP contribution in [0.4, 0.5) is 13.2 Å². The Balaban J connectivity index is 1.50. The number of ether oxygens (including phenoxy) is 1. The molecule has 1 heterocycles. The molecule has 10 nitrogen and oxygen atoms in total. The minimum absolute atomic E-state index is 0.0155. The zero-order chi connectivity index (χ0) is 41.7. The van der Waals surface area contributed by atoms with Crippen LogP contribution in [-0.4, -0.2) is 95.3 Å². The molecule has 0 bridgehead atoms. The summed E-state index contributed by atoms with van der Waals surface area (Å²) in [4.78, 5) is 72.7. The van der Waals surface area contributed by atoms with Crippen LogP contribution in [0.1, 0.15) is 81.0 Å². The maximum Gasteiger partial charge on any atom is 0.471 e. The number of nitrogens with zero attached hydrogens (tertiary/aromatic N) is 3. The smallest absolute Gasteiger partial charge is 0.444 e. The van der Waals surface area contributed by atoms with Crippen molar-refractivity contribution in [3.8, 4) is 0 Å². The number of hydrogen-bond donors (Lipinski definition) is 1. The molecule has 0 spiro atoms. The molecule has 57 heavy (non-hydrogen) atoms. The van der Waals surface area contributed by atoms with Gasteiger partial charge in [0.2, 0.25) is 17.7 Å². The van der Waals surface area contributed by atoms with Crippen LogP contribution < -0.4 is 5.32 Å². The summed E-state index contributed by atoms with van der Waals surface area (Å²) in [5.41, 5.74) is -0.808. The molecule has 2 aliphatic rings. The van der Waals surface area contributed by atoms with E-state index in [2.05, 4.69) is 5.32 Å². The van der Waals surface area contributed by atoms with Crippen molar-refractivity contribution in [3.63, 3.8) is 0 Å². The number of hydrogen-bond acceptors (Lipinski definition) is 6. The number of likely N-dealkylation sites (N-methyl/N-ethyl adjacent to an activating group) is 2. The number of likely N-dealkylation sites (tertiary alicyclic amines) is 1. The first-order valence-corrected chi connectivity index (χ1v) is 19.6. The van der Waals surface area contributed by atoms with E-state index in [4.69, 9.17) is 16.3 Å². The first-order chi connectivity index (χ1) is 26.9. The number of nitrogens with one attached hydrogen (secondary N) is 1. The quantitative estimate of drug-likeness (QED) is 0.150. The predicted molar refractivity (Wildman–Crippen MR) is 209 cm³/mol. The van der Waals surface area contributed by atoms with E-state index < -0.39 is 71.3 Å². The van der Waals surface area contributed by atoms with E-state index in [9.17, 15) is 37.1 Å². The number of carbonyl (C=O) groups excluding carboxylic acids is 5. The number of benzene rings is 3. The maximum absolute atomic E-state index is 14.5. The average molecular weight is 811 g/mol. The fourth-order valence-corrected chi connectivity index (χ4v) is 8.54. The third kappa shape index (κ3) is 8.98. The molecule has 4 amide bonds. The van der Waals surface area contributed by atoms with Crippen molar-refractivity contribution in [3.05, 3.63) is 106 Å². The Labute approximate surface area is 336 Å². The van der Waals surface area contributed by atoms with Gasteiger partial charge in [0.05, 0.1) is 6.42 Å². The van der Waals surface area contributed by atoms with Crippen molar-refractivity contribution in [1.82, 2.24) is 20.0 Å². The molecule has 5 rings (SSSR count). The Morgan fingerprint density at radius 3 is 1.96 bits per heavy atom. The summed E-state index contributed by atoms with van der Waals surface area (Å²) in [6, 6.07) is 20.8. The molecule has 3 aromatic carbocycles. The SMILES string of the molecule is Cc1ccc(C(OC(=O)C[C@H](NC(=O)[C@H](C(C)C)N(C)C(=O)C2(N(C)C(=O)C(F)(F)F)CCCC2)C(=O)N2CCCC2)(c2ccccc2)c2ccccc2Cl)cc1. The zero-order valence-corrected chi connectivity index (χ0v) is 33.7. The number of alkyl halides is 3. The van der Waals surface area contributed by atoms with Gasteiger partial charge in [-0.3, -0.25) is 24.0 Å². The van der Waals surface area contributed by atoms with Gasteiger partial charge < -0.3 is 24.8 Å². The van der Waals surface area contributed by atoms with Gasteiger partial charge in [-0.15, -0.1) is 0 Å². The van der Waals surface area contributed by atoms with E-state index in [0.717, 1.165) is 30.4 Å². The lowest BCUT2D eigenvalue weighted by Crippen LogP contribution is -2.64. The lowest BCUT2D eigenvalue weighted by atomic mass is 9.79. The summed E-state index contributed by atoms with van der Waals surface area (Å²) >= 11 is 6.85. The van der Waals surface area contributed by atoms with Crippen molar-refractivity contribution < 1.29 is 41.9 Å². The number of carbonyl (C=O) groups is 5. The molecule has 3 atom stereocenters. The van der Waals surface area contributed by atoms with Gasteiger partial charge in [0, 0.05) is 48.9 Å². The molecule has 1 unspecified atom stereocenters. The molecule has 3 aromatic rings. The summed E-state index contributed by atoms with van der Waals surface area (Å²) in [6.07, 6.45) is -3.57. The summed E-state index contributed by atoms with van der Waals surface area (Å²) < 4.78 is 47.4. The Kier molecular flexibility index (Phi) is 13.4. The Morgan fingerprint density at radius 2 is 1.40 bits per heavy atom. The second-order valence-electron chi connectivity index (χ2n) is 15.4. The highest BCUT2D eigenvalue weighted by atomic mass is 35.5. The minimum atomic E-state index is -5.21. The van der Waals surface area contributed by atoms with Crippen LogP contribution in [0.25, 0.3) is 0 Å². The molecule has 1 N–H and O–H groups in total. The second kappa shape index (κ2) is 17.7. The third-order valence-electron chi connectivity index (χ3n) is 11.2. The van der Waals surface area contributed by atoms with Crippen molar-refractivity contribution in [2.45, 2.75) is 95.1 Å². The molecule has 1 saturated carbocycles. The van der Waals surface area contributed by atoms with Crippen LogP contribution in [0.2, 0.25) is 5.02 Å². The molecule has 0 aromatic heterocycles. The van der Waals surface area contributed by atoms with E-state index >= 15 is 0 Å². The van der Waals surface area contributed by atoms with Crippen LogP contribution in [0.3, 0.4) is 0 Å². The van der Waals surface area contributed by atoms with Crippen molar-refractivity contribution >= 4 is 41.2 Å². The zero-order valence-electron chi connectivity index (χ0n) is 32.9. The van der Waals surface area contributed by atoms with Gasteiger partial charge >= 0.3 is 18.1 Å². The van der Waals surface area contributed by atoms with E-state index in [1.54, 1.807) is 55.1 Å². The van der Waals surface area contributed by atoms with Gasteiger partial charge in [-0.1, -0.05) is 117 Å². The molecule has 1 aliphatic heterocycles. The number of aryl methyl sites for hydroxylation is 1. The molecular formula is C43H50ClF3N4O6. The molecular weight excluding hydrogens is 761 g/mol. The van der Waals surface area contributed by atoms with E-state index in [-0.39, 0.29) is 12.8 Å². The number of amides is 4. The summed E-state index contributed by atoms with van der Waals surface area (Å²) in [5.74, 6) is -5.71. The predicted octanol–water partition coefficient (Wildman–Crippen LogP) is 6.80. The highest BCUT2D eigenvalue weighted by molar-refractivity contribution is 6.31. The van der Waals surface area contributed by atoms with E-state index in [1.165, 1.54) is 7.05 Å². The van der Waals surface area contributed by atoms with Gasteiger partial charge in [-0.2, -0.15) is 13.2 Å². The average Bonchev–Trinajstić information content (AvgIpc) is 3.90. The van der Waals surface area contributed by atoms with Gasteiger partial charge in [-0.25, -0.2) is 0 Å². The normalized spacial score (nSPS) is 17.3. The van der Waals surface area contributed by atoms with Crippen molar-refractivity contribution in [2.24, 2.45) is 5.92 Å². The highest BCUT2D eigenvalue weighted by Gasteiger charge is 2.55. The van der Waals surface area contributed by atoms with Gasteiger partial charge in [-0.05, 0) is 44.6 Å². The first-order valence-electron chi connectivity index (χ1n) is 19.2. The lowest BCUT2D eigenvalue weighted by Gasteiger charge is -2.42. The van der Waals surface area contributed by atoms with Crippen molar-refractivity contribution in [2.75, 3.05) is 27.2 Å². The maximum atomic E-state index is 14.5. The van der Waals surface area contributed by atoms with Crippen molar-refractivity contribution in [1.29, 1.82) is 0 Å².